The number of nitro groups is 1. The van der Waals surface area contributed by atoms with E-state index in [-0.39, 0.29) is 4.92 Å². The van der Waals surface area contributed by atoms with Gasteiger partial charge in [-0.2, -0.15) is 0 Å². The minimum Gasteiger partial charge on any atom is -0.349 e. The molecule has 3 rings (SSSR count). The van der Waals surface area contributed by atoms with Crippen LogP contribution < -0.4 is 0 Å². The highest BCUT2D eigenvalue weighted by molar-refractivity contribution is 8.20. The molecule has 8 heteroatoms. The van der Waals surface area contributed by atoms with E-state index in [1.807, 2.05) is 23.5 Å². The molecule has 0 spiro atoms. The maximum Gasteiger partial charge on any atom is 0.300 e. The molecule has 0 saturated carbocycles. The largest absolute Gasteiger partial charge is 0.349 e. The van der Waals surface area contributed by atoms with Crippen LogP contribution in [0.1, 0.15) is 19.8 Å². The fourth-order valence-corrected chi connectivity index (χ4v) is 6.10. The second-order valence-corrected chi connectivity index (χ2v) is 8.88. The SMILES string of the molecule is CCCCN1CC([N+](=O)[O-])=C2N(CC3SCCS3)CCN2C1. The summed E-state index contributed by atoms with van der Waals surface area (Å²) >= 11 is 3.98. The molecule has 0 amide bonds. The van der Waals surface area contributed by atoms with E-state index in [0.29, 0.717) is 16.8 Å². The van der Waals surface area contributed by atoms with E-state index < -0.39 is 0 Å². The third-order valence-electron chi connectivity index (χ3n) is 4.35. The van der Waals surface area contributed by atoms with Crippen molar-refractivity contribution in [3.05, 3.63) is 21.6 Å². The van der Waals surface area contributed by atoms with Gasteiger partial charge in [0.15, 0.2) is 5.82 Å². The van der Waals surface area contributed by atoms with Gasteiger partial charge in [0.05, 0.1) is 22.7 Å². The minimum atomic E-state index is -0.159. The average molecular weight is 345 g/mol. The summed E-state index contributed by atoms with van der Waals surface area (Å²) in [6.45, 7) is 7.21. The van der Waals surface area contributed by atoms with Crippen LogP contribution in [0.25, 0.3) is 0 Å². The lowest BCUT2D eigenvalue weighted by molar-refractivity contribution is -0.433. The van der Waals surface area contributed by atoms with Crippen LogP contribution >= 0.6 is 23.5 Å². The van der Waals surface area contributed by atoms with E-state index in [4.69, 9.17) is 0 Å². The standard InChI is InChI=1S/C14H24N4O2S2/c1-2-3-4-15-9-12(18(19)20)14-16(5-6-17(14)11-15)10-13-21-7-8-22-13/h13H,2-11H2,1H3. The van der Waals surface area contributed by atoms with E-state index in [9.17, 15) is 10.1 Å². The molecule has 2 saturated heterocycles. The van der Waals surface area contributed by atoms with E-state index in [0.717, 1.165) is 51.5 Å². The Hall–Kier alpha value is -0.600. The van der Waals surface area contributed by atoms with Crippen LogP contribution in [0, 0.1) is 10.1 Å². The highest BCUT2D eigenvalue weighted by Gasteiger charge is 2.40. The summed E-state index contributed by atoms with van der Waals surface area (Å²) < 4.78 is 0.568. The topological polar surface area (TPSA) is 52.9 Å². The molecule has 3 aliphatic heterocycles. The van der Waals surface area contributed by atoms with E-state index in [2.05, 4.69) is 21.6 Å². The highest BCUT2D eigenvalue weighted by atomic mass is 32.2. The number of hydrogen-bond donors (Lipinski definition) is 0. The van der Waals surface area contributed by atoms with Gasteiger partial charge in [-0.3, -0.25) is 15.0 Å². The second-order valence-electron chi connectivity index (χ2n) is 5.96. The molecule has 0 aromatic carbocycles. The Balaban J connectivity index is 1.74. The quantitative estimate of drug-likeness (QED) is 0.539. The molecule has 0 radical (unpaired) electrons. The highest BCUT2D eigenvalue weighted by Crippen LogP contribution is 2.35. The summed E-state index contributed by atoms with van der Waals surface area (Å²) in [5, 5.41) is 11.6. The van der Waals surface area contributed by atoms with Crippen molar-refractivity contribution in [1.82, 2.24) is 14.7 Å². The lowest BCUT2D eigenvalue weighted by Crippen LogP contribution is -2.45. The first-order chi connectivity index (χ1) is 10.7. The zero-order valence-corrected chi connectivity index (χ0v) is 14.7. The maximum atomic E-state index is 11.6. The van der Waals surface area contributed by atoms with Crippen molar-refractivity contribution in [2.45, 2.75) is 24.3 Å². The van der Waals surface area contributed by atoms with Gasteiger partial charge < -0.3 is 9.80 Å². The van der Waals surface area contributed by atoms with E-state index in [1.165, 1.54) is 11.5 Å². The average Bonchev–Trinajstić information content (AvgIpc) is 3.15. The van der Waals surface area contributed by atoms with Crippen molar-refractivity contribution in [3.63, 3.8) is 0 Å². The maximum absolute atomic E-state index is 11.6. The molecular formula is C14H24N4O2S2. The van der Waals surface area contributed by atoms with Crippen LogP contribution in [0.15, 0.2) is 11.5 Å². The molecule has 6 nitrogen and oxygen atoms in total. The Morgan fingerprint density at radius 3 is 2.77 bits per heavy atom. The number of hydrogen-bond acceptors (Lipinski definition) is 7. The number of nitrogens with zero attached hydrogens (tertiary/aromatic N) is 4. The second kappa shape index (κ2) is 7.31. The molecule has 0 N–H and O–H groups in total. The van der Waals surface area contributed by atoms with Crippen molar-refractivity contribution < 1.29 is 4.92 Å². The molecule has 0 aromatic heterocycles. The lowest BCUT2D eigenvalue weighted by atomic mass is 10.2. The van der Waals surface area contributed by atoms with Crippen molar-refractivity contribution in [1.29, 1.82) is 0 Å². The van der Waals surface area contributed by atoms with Gasteiger partial charge in [-0.25, -0.2) is 0 Å². The summed E-state index contributed by atoms with van der Waals surface area (Å²) in [5.41, 5.74) is 0.396. The fourth-order valence-electron chi connectivity index (χ4n) is 3.27. The smallest absolute Gasteiger partial charge is 0.300 e. The molecule has 2 fully saturated rings. The van der Waals surface area contributed by atoms with Gasteiger partial charge in [-0.1, -0.05) is 13.3 Å². The molecule has 0 atom stereocenters. The van der Waals surface area contributed by atoms with Crippen LogP contribution in [0.4, 0.5) is 0 Å². The molecule has 0 aliphatic carbocycles. The normalized spacial score (nSPS) is 23.5. The molecule has 3 heterocycles. The van der Waals surface area contributed by atoms with Crippen molar-refractivity contribution >= 4 is 23.5 Å². The van der Waals surface area contributed by atoms with Crippen LogP contribution in [0.5, 0.6) is 0 Å². The molecule has 0 bridgehead atoms. The number of thioether (sulfide) groups is 2. The molecule has 0 aromatic rings. The third-order valence-corrected chi connectivity index (χ3v) is 7.35. The predicted octanol–water partition coefficient (Wildman–Crippen LogP) is 1.93. The van der Waals surface area contributed by atoms with Gasteiger partial charge in [0.2, 0.25) is 0 Å². The van der Waals surface area contributed by atoms with E-state index in [1.54, 1.807) is 0 Å². The molecule has 124 valence electrons. The number of rotatable bonds is 6. The van der Waals surface area contributed by atoms with Crippen molar-refractivity contribution in [2.24, 2.45) is 0 Å². The number of fused-ring (bicyclic) bond motifs is 1. The Bertz CT molecular complexity index is 454. The third kappa shape index (κ3) is 3.49. The van der Waals surface area contributed by atoms with Crippen LogP contribution in [0.2, 0.25) is 0 Å². The summed E-state index contributed by atoms with van der Waals surface area (Å²) in [6.07, 6.45) is 2.23. The first-order valence-electron chi connectivity index (χ1n) is 8.02. The molecule has 3 aliphatic rings. The van der Waals surface area contributed by atoms with Gasteiger partial charge >= 0.3 is 0 Å². The minimum absolute atomic E-state index is 0.159. The van der Waals surface area contributed by atoms with Gasteiger partial charge in [-0.05, 0) is 6.42 Å². The Morgan fingerprint density at radius 1 is 1.32 bits per heavy atom. The summed E-state index contributed by atoms with van der Waals surface area (Å²) in [7, 11) is 0. The van der Waals surface area contributed by atoms with Crippen molar-refractivity contribution in [2.75, 3.05) is 50.9 Å². The van der Waals surface area contributed by atoms with Gasteiger partial charge in [-0.15, -0.1) is 23.5 Å². The first-order valence-corrected chi connectivity index (χ1v) is 10.1. The zero-order valence-electron chi connectivity index (χ0n) is 13.1. The predicted molar refractivity (Wildman–Crippen MR) is 92.4 cm³/mol. The van der Waals surface area contributed by atoms with Crippen LogP contribution in [-0.4, -0.2) is 75.1 Å². The van der Waals surface area contributed by atoms with Gasteiger partial charge in [0.1, 0.15) is 0 Å². The van der Waals surface area contributed by atoms with E-state index >= 15 is 0 Å². The van der Waals surface area contributed by atoms with Crippen molar-refractivity contribution in [3.8, 4) is 0 Å². The Labute approximate surface area is 140 Å². The van der Waals surface area contributed by atoms with Crippen LogP contribution in [-0.2, 0) is 0 Å². The fraction of sp³-hybridized carbons (Fsp3) is 0.857. The molecule has 22 heavy (non-hydrogen) atoms. The molecule has 0 unspecified atom stereocenters. The Kier molecular flexibility index (Phi) is 5.41. The summed E-state index contributed by atoms with van der Waals surface area (Å²) in [6, 6.07) is 0. The van der Waals surface area contributed by atoms with Gasteiger partial charge in [0, 0.05) is 37.7 Å². The molecular weight excluding hydrogens is 320 g/mol. The lowest BCUT2D eigenvalue weighted by Gasteiger charge is -2.35. The zero-order chi connectivity index (χ0) is 15.5. The number of unbranched alkanes of at least 4 members (excludes halogenated alkanes) is 1. The van der Waals surface area contributed by atoms with Crippen LogP contribution in [0.3, 0.4) is 0 Å². The Morgan fingerprint density at radius 2 is 2.09 bits per heavy atom. The summed E-state index contributed by atoms with van der Waals surface area (Å²) in [4.78, 5) is 18.1. The van der Waals surface area contributed by atoms with Gasteiger partial charge in [0.25, 0.3) is 5.70 Å². The monoisotopic (exact) mass is 344 g/mol. The first kappa shape index (κ1) is 16.3. The summed E-state index contributed by atoms with van der Waals surface area (Å²) in [5.74, 6) is 3.31.